The molecule has 2 heterocycles. The second-order valence-corrected chi connectivity index (χ2v) is 6.74. The van der Waals surface area contributed by atoms with Gasteiger partial charge in [0.2, 0.25) is 12.7 Å². The van der Waals surface area contributed by atoms with Crippen LogP contribution in [-0.2, 0) is 23.8 Å². The van der Waals surface area contributed by atoms with Crippen molar-refractivity contribution < 1.29 is 28.6 Å². The van der Waals surface area contributed by atoms with Crippen molar-refractivity contribution in [1.29, 1.82) is 0 Å². The van der Waals surface area contributed by atoms with E-state index in [0.29, 0.717) is 0 Å². The van der Waals surface area contributed by atoms with E-state index in [9.17, 15) is 14.4 Å². The first-order valence-electron chi connectivity index (χ1n) is 5.92. The minimum atomic E-state index is -0.946. The average molecular weight is 304 g/mol. The van der Waals surface area contributed by atoms with Crippen LogP contribution >= 0.6 is 11.8 Å². The van der Waals surface area contributed by atoms with Crippen molar-refractivity contribution in [3.63, 3.8) is 0 Å². The van der Waals surface area contributed by atoms with Gasteiger partial charge in [0.05, 0.1) is 7.11 Å². The SMILES string of the molecule is COC(=O)OCOC(=O)[C@@H]1N2C(=O)[C@@H](N)[C@H]2SC1(C)C. The number of thioether (sulfide) groups is 1. The fraction of sp³-hybridized carbons (Fsp3) is 0.727. The first kappa shape index (κ1) is 14.9. The predicted molar refractivity (Wildman–Crippen MR) is 68.5 cm³/mol. The van der Waals surface area contributed by atoms with Crippen LogP contribution in [0, 0.1) is 0 Å². The number of rotatable bonds is 3. The molecular weight excluding hydrogens is 288 g/mol. The first-order chi connectivity index (χ1) is 9.29. The van der Waals surface area contributed by atoms with Gasteiger partial charge in [0.25, 0.3) is 0 Å². The third-order valence-electron chi connectivity index (χ3n) is 3.25. The number of methoxy groups -OCH3 is 1. The van der Waals surface area contributed by atoms with Gasteiger partial charge in [-0.2, -0.15) is 0 Å². The highest BCUT2D eigenvalue weighted by Crippen LogP contribution is 2.50. The lowest BCUT2D eigenvalue weighted by Crippen LogP contribution is -2.68. The average Bonchev–Trinajstić information content (AvgIpc) is 2.66. The largest absolute Gasteiger partial charge is 0.510 e. The first-order valence-corrected chi connectivity index (χ1v) is 6.80. The zero-order chi connectivity index (χ0) is 15.1. The van der Waals surface area contributed by atoms with Crippen molar-refractivity contribution in [2.45, 2.75) is 36.1 Å². The van der Waals surface area contributed by atoms with Crippen LogP contribution in [-0.4, -0.2) is 59.0 Å². The van der Waals surface area contributed by atoms with Crippen LogP contribution in [0.5, 0.6) is 0 Å². The number of nitrogens with zero attached hydrogens (tertiary/aromatic N) is 1. The molecule has 9 heteroatoms. The molecule has 2 rings (SSSR count). The highest BCUT2D eigenvalue weighted by atomic mass is 32.2. The molecule has 0 radical (unpaired) electrons. The Labute approximate surface area is 119 Å². The number of β-lactam (4-membered cyclic amide) rings is 1. The molecule has 0 aliphatic carbocycles. The van der Waals surface area contributed by atoms with Crippen molar-refractivity contribution in [2.24, 2.45) is 5.73 Å². The van der Waals surface area contributed by atoms with Gasteiger partial charge in [0.1, 0.15) is 17.5 Å². The lowest BCUT2D eigenvalue weighted by atomic mass is 9.96. The summed E-state index contributed by atoms with van der Waals surface area (Å²) in [7, 11) is 1.14. The lowest BCUT2D eigenvalue weighted by molar-refractivity contribution is -0.169. The number of nitrogens with two attached hydrogens (primary N) is 1. The third-order valence-corrected chi connectivity index (χ3v) is 4.84. The molecule has 0 spiro atoms. The Bertz CT molecular complexity index is 454. The van der Waals surface area contributed by atoms with E-state index in [2.05, 4.69) is 9.47 Å². The van der Waals surface area contributed by atoms with E-state index in [1.54, 1.807) is 0 Å². The molecule has 8 nitrogen and oxygen atoms in total. The maximum atomic E-state index is 12.1. The summed E-state index contributed by atoms with van der Waals surface area (Å²) < 4.78 is 13.1. The molecule has 0 saturated carbocycles. The monoisotopic (exact) mass is 304 g/mol. The number of esters is 1. The second kappa shape index (κ2) is 5.13. The van der Waals surface area contributed by atoms with Gasteiger partial charge < -0.3 is 24.8 Å². The molecule has 20 heavy (non-hydrogen) atoms. The van der Waals surface area contributed by atoms with Crippen LogP contribution in [0.2, 0.25) is 0 Å². The van der Waals surface area contributed by atoms with E-state index in [1.165, 1.54) is 16.7 Å². The van der Waals surface area contributed by atoms with E-state index in [-0.39, 0.29) is 11.3 Å². The minimum Gasteiger partial charge on any atom is -0.438 e. The quantitative estimate of drug-likeness (QED) is 0.428. The normalized spacial score (nSPS) is 30.3. The van der Waals surface area contributed by atoms with Crippen LogP contribution in [0.3, 0.4) is 0 Å². The molecule has 2 saturated heterocycles. The van der Waals surface area contributed by atoms with E-state index in [4.69, 9.17) is 10.5 Å². The van der Waals surface area contributed by atoms with Gasteiger partial charge in [-0.05, 0) is 13.8 Å². The predicted octanol–water partition coefficient (Wildman–Crippen LogP) is -0.340. The van der Waals surface area contributed by atoms with E-state index < -0.39 is 35.7 Å². The summed E-state index contributed by atoms with van der Waals surface area (Å²) in [4.78, 5) is 36.0. The molecule has 0 unspecified atom stereocenters. The van der Waals surface area contributed by atoms with Crippen molar-refractivity contribution in [1.82, 2.24) is 4.90 Å². The van der Waals surface area contributed by atoms with Crippen molar-refractivity contribution in [3.05, 3.63) is 0 Å². The van der Waals surface area contributed by atoms with Gasteiger partial charge in [-0.1, -0.05) is 0 Å². The number of carbonyl (C=O) groups excluding carboxylic acids is 3. The molecule has 0 bridgehead atoms. The van der Waals surface area contributed by atoms with E-state index >= 15 is 0 Å². The smallest absolute Gasteiger partial charge is 0.438 e. The summed E-state index contributed by atoms with van der Waals surface area (Å²) in [6.45, 7) is 3.12. The number of hydrogen-bond acceptors (Lipinski definition) is 8. The number of ether oxygens (including phenoxy) is 3. The van der Waals surface area contributed by atoms with Gasteiger partial charge in [-0.15, -0.1) is 11.8 Å². The summed E-state index contributed by atoms with van der Waals surface area (Å²) in [5.41, 5.74) is 5.70. The third kappa shape index (κ3) is 2.31. The zero-order valence-corrected chi connectivity index (χ0v) is 12.1. The Balaban J connectivity index is 1.98. The molecule has 0 aromatic carbocycles. The standard InChI is InChI=1S/C11H16N2O6S/c1-11(2)6(9(15)18-4-19-10(16)17-3)13-7(14)5(12)8(13)20-11/h5-6,8H,4,12H2,1-3H3/t5-,6+,8-/m1/s1. The van der Waals surface area contributed by atoms with Gasteiger partial charge in [0.15, 0.2) is 0 Å². The molecule has 2 N–H and O–H groups in total. The Morgan fingerprint density at radius 2 is 2.05 bits per heavy atom. The second-order valence-electron chi connectivity index (χ2n) is 4.97. The fourth-order valence-corrected chi connectivity index (χ4v) is 3.86. The molecular formula is C11H16N2O6S. The molecule has 112 valence electrons. The Kier molecular flexibility index (Phi) is 3.83. The summed E-state index contributed by atoms with van der Waals surface area (Å²) in [6, 6.07) is -1.32. The van der Waals surface area contributed by atoms with Crippen molar-refractivity contribution in [3.8, 4) is 0 Å². The number of hydrogen-bond donors (Lipinski definition) is 1. The molecule has 0 aromatic heterocycles. The maximum Gasteiger partial charge on any atom is 0.510 e. The van der Waals surface area contributed by atoms with Gasteiger partial charge >= 0.3 is 12.1 Å². The maximum absolute atomic E-state index is 12.1. The van der Waals surface area contributed by atoms with Gasteiger partial charge in [0, 0.05) is 4.75 Å². The van der Waals surface area contributed by atoms with E-state index in [1.807, 2.05) is 13.8 Å². The van der Waals surface area contributed by atoms with Crippen LogP contribution < -0.4 is 5.73 Å². The van der Waals surface area contributed by atoms with Crippen LogP contribution in [0.4, 0.5) is 4.79 Å². The van der Waals surface area contributed by atoms with Crippen LogP contribution in [0.25, 0.3) is 0 Å². The Morgan fingerprint density at radius 1 is 1.40 bits per heavy atom. The van der Waals surface area contributed by atoms with Crippen molar-refractivity contribution >= 4 is 29.8 Å². The summed E-state index contributed by atoms with van der Waals surface area (Å²) in [5, 5.41) is -0.212. The van der Waals surface area contributed by atoms with Crippen LogP contribution in [0.15, 0.2) is 0 Å². The molecule has 2 fully saturated rings. The summed E-state index contributed by atoms with van der Waals surface area (Å²) >= 11 is 1.46. The van der Waals surface area contributed by atoms with Gasteiger partial charge in [-0.25, -0.2) is 9.59 Å². The molecule has 0 aromatic rings. The Morgan fingerprint density at radius 3 is 2.65 bits per heavy atom. The summed E-state index contributed by atoms with van der Waals surface area (Å²) in [5.74, 6) is -0.905. The van der Waals surface area contributed by atoms with Crippen molar-refractivity contribution in [2.75, 3.05) is 13.9 Å². The number of amides is 1. The molecule has 1 amide bonds. The Hall–Kier alpha value is -1.48. The topological polar surface area (TPSA) is 108 Å². The molecule has 2 aliphatic rings. The highest BCUT2D eigenvalue weighted by Gasteiger charge is 2.63. The number of fused-ring (bicyclic) bond motifs is 1. The number of carbonyl (C=O) groups is 3. The minimum absolute atomic E-state index is 0.212. The zero-order valence-electron chi connectivity index (χ0n) is 11.3. The van der Waals surface area contributed by atoms with Gasteiger partial charge in [-0.3, -0.25) is 4.79 Å². The molecule has 3 atom stereocenters. The molecule has 2 aliphatic heterocycles. The highest BCUT2D eigenvalue weighted by molar-refractivity contribution is 8.01. The van der Waals surface area contributed by atoms with Crippen LogP contribution in [0.1, 0.15) is 13.8 Å². The lowest BCUT2D eigenvalue weighted by Gasteiger charge is -2.41. The summed E-state index contributed by atoms with van der Waals surface area (Å²) in [6.07, 6.45) is -0.946. The van der Waals surface area contributed by atoms with E-state index in [0.717, 1.165) is 7.11 Å². The fourth-order valence-electron chi connectivity index (χ4n) is 2.30.